The van der Waals surface area contributed by atoms with Crippen molar-refractivity contribution in [2.75, 3.05) is 18.1 Å². The average Bonchev–Trinajstić information content (AvgIpc) is 1.90. The third kappa shape index (κ3) is 1.39. The fourth-order valence-electron chi connectivity index (χ4n) is 0.562. The van der Waals surface area contributed by atoms with Crippen LogP contribution in [0.3, 0.4) is 0 Å². The molecule has 1 aliphatic heterocycles. The van der Waals surface area contributed by atoms with Crippen LogP contribution in [0.15, 0.2) is 0 Å². The van der Waals surface area contributed by atoms with Crippen LogP contribution in [-0.4, -0.2) is 24.2 Å². The first-order valence-electron chi connectivity index (χ1n) is 2.52. The second-order valence-electron chi connectivity index (χ2n) is 1.56. The van der Waals surface area contributed by atoms with Gasteiger partial charge in [-0.3, -0.25) is 0 Å². The lowest BCUT2D eigenvalue weighted by Gasteiger charge is -2.14. The molecule has 0 aliphatic carbocycles. The maximum absolute atomic E-state index is 8.30. The number of nitriles is 1. The van der Waals surface area contributed by atoms with Gasteiger partial charge in [0, 0.05) is 11.5 Å². The molecule has 0 aromatic rings. The highest BCUT2D eigenvalue weighted by Crippen LogP contribution is 2.10. The molecule has 0 unspecified atom stereocenters. The van der Waals surface area contributed by atoms with E-state index in [4.69, 9.17) is 10.00 Å². The highest BCUT2D eigenvalue weighted by Gasteiger charge is 2.11. The Labute approximate surface area is 52.8 Å². The summed E-state index contributed by atoms with van der Waals surface area (Å²) in [6.45, 7) is 0.739. The molecule has 8 heavy (non-hydrogen) atoms. The summed E-state index contributed by atoms with van der Waals surface area (Å²) >= 11 is 1.78. The molecule has 0 N–H and O–H groups in total. The average molecular weight is 129 g/mol. The van der Waals surface area contributed by atoms with E-state index >= 15 is 0 Å². The minimum atomic E-state index is -0.145. The van der Waals surface area contributed by atoms with Crippen molar-refractivity contribution in [1.82, 2.24) is 0 Å². The van der Waals surface area contributed by atoms with E-state index in [1.54, 1.807) is 11.8 Å². The monoisotopic (exact) mass is 129 g/mol. The third-order valence-corrected chi connectivity index (χ3v) is 1.95. The van der Waals surface area contributed by atoms with Crippen LogP contribution in [0.1, 0.15) is 0 Å². The van der Waals surface area contributed by atoms with Crippen molar-refractivity contribution >= 4 is 11.8 Å². The molecule has 2 nitrogen and oxygen atoms in total. The summed E-state index contributed by atoms with van der Waals surface area (Å²) in [6.07, 6.45) is -0.145. The molecule has 1 fully saturated rings. The molecule has 1 saturated heterocycles. The fraction of sp³-hybridized carbons (Fsp3) is 0.800. The summed E-state index contributed by atoms with van der Waals surface area (Å²) in [7, 11) is 0. The van der Waals surface area contributed by atoms with Gasteiger partial charge in [0.1, 0.15) is 0 Å². The molecule has 1 heterocycles. The van der Waals surface area contributed by atoms with Gasteiger partial charge in [0.25, 0.3) is 0 Å². The van der Waals surface area contributed by atoms with Crippen molar-refractivity contribution in [3.63, 3.8) is 0 Å². The van der Waals surface area contributed by atoms with Crippen LogP contribution >= 0.6 is 11.8 Å². The van der Waals surface area contributed by atoms with E-state index < -0.39 is 0 Å². The molecule has 0 radical (unpaired) electrons. The maximum Gasteiger partial charge on any atom is 0.152 e. The number of thioether (sulfide) groups is 1. The van der Waals surface area contributed by atoms with Crippen molar-refractivity contribution in [3.05, 3.63) is 0 Å². The van der Waals surface area contributed by atoms with Crippen LogP contribution in [-0.2, 0) is 4.74 Å². The SMILES string of the molecule is N#C[C@H]1CSCCO1. The zero-order chi connectivity index (χ0) is 5.82. The molecule has 3 heteroatoms. The minimum absolute atomic E-state index is 0.145. The predicted molar refractivity (Wildman–Crippen MR) is 32.7 cm³/mol. The lowest BCUT2D eigenvalue weighted by Crippen LogP contribution is -2.20. The van der Waals surface area contributed by atoms with Crippen molar-refractivity contribution in [2.45, 2.75) is 6.10 Å². The van der Waals surface area contributed by atoms with Crippen LogP contribution in [0, 0.1) is 11.3 Å². The second kappa shape index (κ2) is 2.95. The van der Waals surface area contributed by atoms with Gasteiger partial charge >= 0.3 is 0 Å². The molecule has 0 aromatic heterocycles. The van der Waals surface area contributed by atoms with Crippen LogP contribution in [0.4, 0.5) is 0 Å². The first kappa shape index (κ1) is 5.93. The standard InChI is InChI=1S/C5H7NOS/c6-3-5-4-8-2-1-7-5/h5H,1-2,4H2/t5-/m0/s1. The van der Waals surface area contributed by atoms with Gasteiger partial charge in [-0.05, 0) is 0 Å². The van der Waals surface area contributed by atoms with Gasteiger partial charge < -0.3 is 4.74 Å². The van der Waals surface area contributed by atoms with Crippen molar-refractivity contribution < 1.29 is 4.74 Å². The van der Waals surface area contributed by atoms with E-state index in [1.807, 2.05) is 0 Å². The van der Waals surface area contributed by atoms with Crippen LogP contribution in [0.5, 0.6) is 0 Å². The normalized spacial score (nSPS) is 29.1. The van der Waals surface area contributed by atoms with Gasteiger partial charge in [0.2, 0.25) is 0 Å². The Morgan fingerprint density at radius 1 is 1.75 bits per heavy atom. The summed E-state index contributed by atoms with van der Waals surface area (Å²) < 4.78 is 5.05. The Hall–Kier alpha value is -0.200. The molecular weight excluding hydrogens is 122 g/mol. The fourth-order valence-corrected chi connectivity index (χ4v) is 1.33. The number of ether oxygens (including phenoxy) is 1. The molecule has 0 aromatic carbocycles. The number of rotatable bonds is 0. The quantitative estimate of drug-likeness (QED) is 0.481. The van der Waals surface area contributed by atoms with Gasteiger partial charge in [-0.25, -0.2) is 0 Å². The second-order valence-corrected chi connectivity index (χ2v) is 2.71. The Morgan fingerprint density at radius 3 is 3.00 bits per heavy atom. The Balaban J connectivity index is 2.25. The maximum atomic E-state index is 8.30. The van der Waals surface area contributed by atoms with Crippen LogP contribution in [0.2, 0.25) is 0 Å². The number of hydrogen-bond donors (Lipinski definition) is 0. The summed E-state index contributed by atoms with van der Waals surface area (Å²) in [5.74, 6) is 1.88. The van der Waals surface area contributed by atoms with E-state index in [0.29, 0.717) is 0 Å². The van der Waals surface area contributed by atoms with E-state index in [1.165, 1.54) is 0 Å². The molecular formula is C5H7NOS. The van der Waals surface area contributed by atoms with Gasteiger partial charge in [-0.2, -0.15) is 17.0 Å². The van der Waals surface area contributed by atoms with Gasteiger partial charge in [0.05, 0.1) is 12.7 Å². The summed E-state index contributed by atoms with van der Waals surface area (Å²) in [5, 5.41) is 8.30. The van der Waals surface area contributed by atoms with Crippen molar-refractivity contribution in [3.8, 4) is 6.07 Å². The smallest absolute Gasteiger partial charge is 0.152 e. The molecule has 1 atom stereocenters. The number of hydrogen-bond acceptors (Lipinski definition) is 3. The lowest BCUT2D eigenvalue weighted by molar-refractivity contribution is 0.113. The summed E-state index contributed by atoms with van der Waals surface area (Å²) in [4.78, 5) is 0. The summed E-state index contributed by atoms with van der Waals surface area (Å²) in [5.41, 5.74) is 0. The molecule has 0 saturated carbocycles. The van der Waals surface area contributed by atoms with Crippen LogP contribution < -0.4 is 0 Å². The molecule has 44 valence electrons. The Kier molecular flexibility index (Phi) is 2.19. The van der Waals surface area contributed by atoms with Gasteiger partial charge in [-0.1, -0.05) is 0 Å². The first-order valence-corrected chi connectivity index (χ1v) is 3.68. The molecule has 1 aliphatic rings. The Morgan fingerprint density at radius 2 is 2.62 bits per heavy atom. The van der Waals surface area contributed by atoms with E-state index in [2.05, 4.69) is 6.07 Å². The molecule has 0 amide bonds. The first-order chi connectivity index (χ1) is 3.93. The molecule has 0 bridgehead atoms. The van der Waals surface area contributed by atoms with E-state index in [-0.39, 0.29) is 6.10 Å². The largest absolute Gasteiger partial charge is 0.362 e. The van der Waals surface area contributed by atoms with E-state index in [0.717, 1.165) is 18.1 Å². The third-order valence-electron chi connectivity index (χ3n) is 0.960. The van der Waals surface area contributed by atoms with E-state index in [9.17, 15) is 0 Å². The van der Waals surface area contributed by atoms with Crippen LogP contribution in [0.25, 0.3) is 0 Å². The van der Waals surface area contributed by atoms with Gasteiger partial charge in [0.15, 0.2) is 6.10 Å². The summed E-state index contributed by atoms with van der Waals surface area (Å²) in [6, 6.07) is 2.06. The predicted octanol–water partition coefficient (Wildman–Crippen LogP) is 0.642. The topological polar surface area (TPSA) is 33.0 Å². The van der Waals surface area contributed by atoms with Crippen molar-refractivity contribution in [1.29, 1.82) is 5.26 Å². The highest BCUT2D eigenvalue weighted by atomic mass is 32.2. The number of nitrogens with zero attached hydrogens (tertiary/aromatic N) is 1. The zero-order valence-electron chi connectivity index (χ0n) is 4.46. The molecule has 0 spiro atoms. The highest BCUT2D eigenvalue weighted by molar-refractivity contribution is 7.99. The van der Waals surface area contributed by atoms with Gasteiger partial charge in [-0.15, -0.1) is 0 Å². The van der Waals surface area contributed by atoms with Crippen molar-refractivity contribution in [2.24, 2.45) is 0 Å². The Bertz CT molecular complexity index is 103. The lowest BCUT2D eigenvalue weighted by atomic mass is 10.4. The zero-order valence-corrected chi connectivity index (χ0v) is 5.28. The molecule has 1 rings (SSSR count). The minimum Gasteiger partial charge on any atom is -0.362 e.